The van der Waals surface area contributed by atoms with E-state index in [1.807, 2.05) is 55.5 Å². The van der Waals surface area contributed by atoms with Crippen LogP contribution in [-0.2, 0) is 0 Å². The largest absolute Gasteiger partial charge is 0.508 e. The van der Waals surface area contributed by atoms with Gasteiger partial charge in [0.15, 0.2) is 0 Å². The maximum atomic E-state index is 8.81. The van der Waals surface area contributed by atoms with Crippen molar-refractivity contribution in [2.24, 2.45) is 0 Å². The summed E-state index contributed by atoms with van der Waals surface area (Å²) in [4.78, 5) is 0. The smallest absolute Gasteiger partial charge is 0.115 e. The molecule has 72 valence electrons. The molecular weight excluding hydrogens is 172 g/mol. The van der Waals surface area contributed by atoms with Crippen LogP contribution in [0.3, 0.4) is 0 Å². The van der Waals surface area contributed by atoms with Gasteiger partial charge in [-0.05, 0) is 24.6 Å². The van der Waals surface area contributed by atoms with E-state index < -0.39 is 0 Å². The van der Waals surface area contributed by atoms with Gasteiger partial charge in [0, 0.05) is 0 Å². The van der Waals surface area contributed by atoms with E-state index >= 15 is 0 Å². The number of hydrogen-bond donors (Lipinski definition) is 1. The van der Waals surface area contributed by atoms with Crippen LogP contribution in [0.5, 0.6) is 5.75 Å². The van der Waals surface area contributed by atoms with Crippen LogP contribution in [0.1, 0.15) is 5.56 Å². The SMILES string of the molecule is Cc1cccc(O)c1.c1ccccc1. The zero-order valence-electron chi connectivity index (χ0n) is 8.22. The van der Waals surface area contributed by atoms with Crippen LogP contribution in [0.2, 0.25) is 0 Å². The molecule has 1 heteroatoms. The first-order chi connectivity index (χ1) is 6.79. The summed E-state index contributed by atoms with van der Waals surface area (Å²) >= 11 is 0. The molecule has 1 nitrogen and oxygen atoms in total. The van der Waals surface area contributed by atoms with Gasteiger partial charge < -0.3 is 5.11 Å². The lowest BCUT2D eigenvalue weighted by atomic mass is 10.2. The van der Waals surface area contributed by atoms with Crippen LogP contribution in [-0.4, -0.2) is 5.11 Å². The molecule has 14 heavy (non-hydrogen) atoms. The third-order valence-electron chi connectivity index (χ3n) is 1.67. The molecule has 2 rings (SSSR count). The number of phenols is 1. The van der Waals surface area contributed by atoms with Gasteiger partial charge in [0.25, 0.3) is 0 Å². The van der Waals surface area contributed by atoms with Crippen LogP contribution in [0.15, 0.2) is 60.7 Å². The fraction of sp³-hybridized carbons (Fsp3) is 0.0769. The Morgan fingerprint density at radius 2 is 1.29 bits per heavy atom. The van der Waals surface area contributed by atoms with Crippen molar-refractivity contribution in [1.29, 1.82) is 0 Å². The standard InChI is InChI=1S/C7H8O.C6H6/c1-6-3-2-4-7(8)5-6;1-2-4-6-5-3-1/h2-5,8H,1H3;1-6H. The van der Waals surface area contributed by atoms with E-state index in [-0.39, 0.29) is 0 Å². The van der Waals surface area contributed by atoms with Crippen LogP contribution in [0.4, 0.5) is 0 Å². The van der Waals surface area contributed by atoms with Gasteiger partial charge in [-0.15, -0.1) is 0 Å². The maximum Gasteiger partial charge on any atom is 0.115 e. The average Bonchev–Trinajstić information content (AvgIpc) is 2.21. The van der Waals surface area contributed by atoms with Gasteiger partial charge in [-0.1, -0.05) is 48.5 Å². The number of rotatable bonds is 0. The van der Waals surface area contributed by atoms with E-state index in [1.165, 1.54) is 0 Å². The molecule has 0 aromatic heterocycles. The monoisotopic (exact) mass is 186 g/mol. The molecule has 2 aromatic rings. The molecule has 0 aliphatic rings. The van der Waals surface area contributed by atoms with E-state index in [2.05, 4.69) is 0 Å². The minimum Gasteiger partial charge on any atom is -0.508 e. The van der Waals surface area contributed by atoms with E-state index in [4.69, 9.17) is 5.11 Å². The van der Waals surface area contributed by atoms with Crippen molar-refractivity contribution in [1.82, 2.24) is 0 Å². The molecule has 1 N–H and O–H groups in total. The van der Waals surface area contributed by atoms with Gasteiger partial charge in [-0.25, -0.2) is 0 Å². The molecule has 0 bridgehead atoms. The summed E-state index contributed by atoms with van der Waals surface area (Å²) in [7, 11) is 0. The first-order valence-corrected chi connectivity index (χ1v) is 4.54. The van der Waals surface area contributed by atoms with Crippen LogP contribution < -0.4 is 0 Å². The third kappa shape index (κ3) is 4.31. The summed E-state index contributed by atoms with van der Waals surface area (Å²) < 4.78 is 0. The highest BCUT2D eigenvalue weighted by Crippen LogP contribution is 2.08. The molecule has 0 radical (unpaired) electrons. The second kappa shape index (κ2) is 5.81. The van der Waals surface area contributed by atoms with Gasteiger partial charge in [-0.3, -0.25) is 0 Å². The topological polar surface area (TPSA) is 20.2 Å². The van der Waals surface area contributed by atoms with Crippen molar-refractivity contribution in [2.75, 3.05) is 0 Å². The fourth-order valence-electron chi connectivity index (χ4n) is 1.01. The Kier molecular flexibility index (Phi) is 4.29. The zero-order valence-corrected chi connectivity index (χ0v) is 8.22. The molecule has 2 aromatic carbocycles. The van der Waals surface area contributed by atoms with Gasteiger partial charge >= 0.3 is 0 Å². The lowest BCUT2D eigenvalue weighted by Gasteiger charge is -1.89. The Labute approximate surface area is 84.7 Å². The van der Waals surface area contributed by atoms with Crippen molar-refractivity contribution in [3.63, 3.8) is 0 Å². The van der Waals surface area contributed by atoms with Crippen molar-refractivity contribution < 1.29 is 5.11 Å². The van der Waals surface area contributed by atoms with Gasteiger partial charge in [-0.2, -0.15) is 0 Å². The second-order valence-electron chi connectivity index (χ2n) is 2.99. The summed E-state index contributed by atoms with van der Waals surface area (Å²) in [5, 5.41) is 8.81. The summed E-state index contributed by atoms with van der Waals surface area (Å²) in [6.07, 6.45) is 0. The number of aromatic hydroxyl groups is 1. The fourth-order valence-corrected chi connectivity index (χ4v) is 1.01. The molecular formula is C13H14O. The highest BCUT2D eigenvalue weighted by atomic mass is 16.3. The first-order valence-electron chi connectivity index (χ1n) is 4.54. The van der Waals surface area contributed by atoms with Crippen molar-refractivity contribution in [3.05, 3.63) is 66.2 Å². The van der Waals surface area contributed by atoms with Crippen LogP contribution >= 0.6 is 0 Å². The van der Waals surface area contributed by atoms with E-state index in [0.29, 0.717) is 5.75 Å². The first kappa shape index (κ1) is 10.3. The molecule has 0 aliphatic carbocycles. The summed E-state index contributed by atoms with van der Waals surface area (Å²) in [5.74, 6) is 0.338. The normalized spacial score (nSPS) is 8.64. The molecule has 0 atom stereocenters. The number of aryl methyl sites for hydroxylation is 1. The van der Waals surface area contributed by atoms with E-state index in [9.17, 15) is 0 Å². The van der Waals surface area contributed by atoms with Gasteiger partial charge in [0.2, 0.25) is 0 Å². The Morgan fingerprint density at radius 1 is 0.786 bits per heavy atom. The maximum absolute atomic E-state index is 8.81. The number of hydrogen-bond acceptors (Lipinski definition) is 1. The lowest BCUT2D eigenvalue weighted by molar-refractivity contribution is 0.475. The van der Waals surface area contributed by atoms with Crippen LogP contribution in [0, 0.1) is 6.92 Å². The van der Waals surface area contributed by atoms with Gasteiger partial charge in [0.1, 0.15) is 5.75 Å². The summed E-state index contributed by atoms with van der Waals surface area (Å²) in [5.41, 5.74) is 1.09. The molecule has 0 fully saturated rings. The zero-order chi connectivity index (χ0) is 10.2. The Morgan fingerprint density at radius 3 is 1.57 bits per heavy atom. The average molecular weight is 186 g/mol. The molecule has 0 aliphatic heterocycles. The molecule has 0 saturated heterocycles. The predicted octanol–water partition coefficient (Wildman–Crippen LogP) is 3.39. The van der Waals surface area contributed by atoms with Crippen molar-refractivity contribution >= 4 is 0 Å². The quantitative estimate of drug-likeness (QED) is 0.668. The minimum absolute atomic E-state index is 0.338. The van der Waals surface area contributed by atoms with Crippen molar-refractivity contribution in [3.8, 4) is 5.75 Å². The van der Waals surface area contributed by atoms with Gasteiger partial charge in [0.05, 0.1) is 0 Å². The Bertz CT molecular complexity index is 311. The predicted molar refractivity (Wildman–Crippen MR) is 59.3 cm³/mol. The molecule has 0 amide bonds. The summed E-state index contributed by atoms with van der Waals surface area (Å²) in [6, 6.07) is 19.2. The number of phenolic OH excluding ortho intramolecular Hbond substituents is 1. The molecule has 0 unspecified atom stereocenters. The highest BCUT2D eigenvalue weighted by Gasteiger charge is 1.83. The second-order valence-corrected chi connectivity index (χ2v) is 2.99. The molecule has 0 spiro atoms. The van der Waals surface area contributed by atoms with E-state index in [1.54, 1.807) is 12.1 Å². The summed E-state index contributed by atoms with van der Waals surface area (Å²) in [6.45, 7) is 1.94. The third-order valence-corrected chi connectivity index (χ3v) is 1.67. The Balaban J connectivity index is 0.000000146. The molecule has 0 heterocycles. The van der Waals surface area contributed by atoms with Crippen LogP contribution in [0.25, 0.3) is 0 Å². The highest BCUT2D eigenvalue weighted by molar-refractivity contribution is 5.25. The minimum atomic E-state index is 0.338. The van der Waals surface area contributed by atoms with Crippen molar-refractivity contribution in [2.45, 2.75) is 6.92 Å². The lowest BCUT2D eigenvalue weighted by Crippen LogP contribution is -1.66. The Hall–Kier alpha value is -1.76. The molecule has 0 saturated carbocycles. The van der Waals surface area contributed by atoms with E-state index in [0.717, 1.165) is 5.56 Å². The number of benzene rings is 2.